The number of hydrogen-bond acceptors (Lipinski definition) is 4. The number of carbonyl (C=O) groups excluding carboxylic acids is 1. The van der Waals surface area contributed by atoms with E-state index in [0.717, 1.165) is 67.0 Å². The molecule has 4 nitrogen and oxygen atoms in total. The van der Waals surface area contributed by atoms with Gasteiger partial charge in [0.2, 0.25) is 0 Å². The third kappa shape index (κ3) is 4.09. The van der Waals surface area contributed by atoms with Crippen LogP contribution in [0.3, 0.4) is 0 Å². The number of para-hydroxylation sites is 1. The van der Waals surface area contributed by atoms with Crippen molar-refractivity contribution in [3.05, 3.63) is 71.4 Å². The minimum absolute atomic E-state index is 0.0514. The Hall–Kier alpha value is -2.72. The maximum atomic E-state index is 13.2. The van der Waals surface area contributed by atoms with E-state index in [2.05, 4.69) is 35.2 Å². The van der Waals surface area contributed by atoms with Crippen LogP contribution in [0.5, 0.6) is 5.75 Å². The van der Waals surface area contributed by atoms with Gasteiger partial charge in [-0.05, 0) is 62.4 Å². The van der Waals surface area contributed by atoms with E-state index in [-0.39, 0.29) is 11.7 Å². The van der Waals surface area contributed by atoms with Crippen LogP contribution in [0.1, 0.15) is 47.3 Å². The summed E-state index contributed by atoms with van der Waals surface area (Å²) in [6.07, 6.45) is 5.30. The molecule has 0 radical (unpaired) electrons. The number of pyridine rings is 1. The lowest BCUT2D eigenvalue weighted by molar-refractivity contribution is 0.0917. The summed E-state index contributed by atoms with van der Waals surface area (Å²) < 4.78 is 5.68. The van der Waals surface area contributed by atoms with Crippen molar-refractivity contribution in [1.82, 2.24) is 9.88 Å². The van der Waals surface area contributed by atoms with Crippen LogP contribution in [0.15, 0.2) is 54.6 Å². The van der Waals surface area contributed by atoms with Crippen molar-refractivity contribution >= 4 is 16.7 Å². The second kappa shape index (κ2) is 8.80. The molecule has 1 aromatic heterocycles. The number of ketones is 1. The van der Waals surface area contributed by atoms with Gasteiger partial charge in [-0.15, -0.1) is 0 Å². The third-order valence-electron chi connectivity index (χ3n) is 7.06. The Morgan fingerprint density at radius 1 is 1.00 bits per heavy atom. The monoisotopic (exact) mass is 414 g/mol. The molecule has 0 spiro atoms. The SMILES string of the molecule is COc1c2c(nc3ccccc13)CC(CCC1CCN(Cc3ccccc3)CC1)C2=O. The molecular formula is C27H30N2O2. The molecule has 0 bridgehead atoms. The number of likely N-dealkylation sites (tertiary alicyclic amines) is 1. The van der Waals surface area contributed by atoms with E-state index in [1.54, 1.807) is 7.11 Å². The van der Waals surface area contributed by atoms with Crippen LogP contribution in [0.4, 0.5) is 0 Å². The Bertz CT molecular complexity index is 1070. The van der Waals surface area contributed by atoms with E-state index in [0.29, 0.717) is 5.75 Å². The molecule has 0 saturated carbocycles. The topological polar surface area (TPSA) is 42.4 Å². The highest BCUT2D eigenvalue weighted by molar-refractivity contribution is 6.08. The standard InChI is InChI=1S/C27H30N2O2/c1-31-27-22-9-5-6-10-23(22)28-24-17-21(26(30)25(24)27)12-11-19-13-15-29(16-14-19)18-20-7-3-2-4-8-20/h2-10,19,21H,11-18H2,1H3. The fourth-order valence-electron chi connectivity index (χ4n) is 5.32. The van der Waals surface area contributed by atoms with Crippen LogP contribution >= 0.6 is 0 Å². The first-order valence-electron chi connectivity index (χ1n) is 11.5. The summed E-state index contributed by atoms with van der Waals surface area (Å²) in [6.45, 7) is 3.35. The van der Waals surface area contributed by atoms with Gasteiger partial charge in [-0.2, -0.15) is 0 Å². The number of hydrogen-bond donors (Lipinski definition) is 0. The Kier molecular flexibility index (Phi) is 5.73. The van der Waals surface area contributed by atoms with Crippen LogP contribution in [-0.4, -0.2) is 35.9 Å². The predicted octanol–water partition coefficient (Wildman–Crippen LogP) is 5.29. The number of ether oxygens (including phenoxy) is 1. The van der Waals surface area contributed by atoms with E-state index in [1.165, 1.54) is 18.4 Å². The molecule has 1 aliphatic carbocycles. The van der Waals surface area contributed by atoms with Crippen molar-refractivity contribution in [3.63, 3.8) is 0 Å². The maximum Gasteiger partial charge on any atom is 0.171 e. The first-order valence-corrected chi connectivity index (χ1v) is 11.5. The third-order valence-corrected chi connectivity index (χ3v) is 7.06. The van der Waals surface area contributed by atoms with E-state index < -0.39 is 0 Å². The molecule has 1 aliphatic heterocycles. The summed E-state index contributed by atoms with van der Waals surface area (Å²) in [7, 11) is 1.66. The number of Topliss-reactive ketones (excluding diaryl/α,β-unsaturated/α-hetero) is 1. The highest BCUT2D eigenvalue weighted by Gasteiger charge is 2.36. The first-order chi connectivity index (χ1) is 15.2. The molecule has 3 aromatic rings. The zero-order valence-electron chi connectivity index (χ0n) is 18.2. The molecule has 1 atom stereocenters. The number of nitrogens with zero attached hydrogens (tertiary/aromatic N) is 2. The van der Waals surface area contributed by atoms with Crippen LogP contribution in [0.25, 0.3) is 10.9 Å². The van der Waals surface area contributed by atoms with Crippen molar-refractivity contribution in [3.8, 4) is 5.75 Å². The summed E-state index contributed by atoms with van der Waals surface area (Å²) in [5, 5.41) is 0.934. The summed E-state index contributed by atoms with van der Waals surface area (Å²) in [4.78, 5) is 20.6. The summed E-state index contributed by atoms with van der Waals surface area (Å²) in [5.74, 6) is 1.71. The van der Waals surface area contributed by atoms with Crippen molar-refractivity contribution < 1.29 is 9.53 Å². The lowest BCUT2D eigenvalue weighted by Gasteiger charge is -2.32. The number of piperidine rings is 1. The molecule has 5 rings (SSSR count). The summed E-state index contributed by atoms with van der Waals surface area (Å²) >= 11 is 0. The second-order valence-electron chi connectivity index (χ2n) is 9.03. The second-order valence-corrected chi connectivity index (χ2v) is 9.03. The molecule has 2 heterocycles. The van der Waals surface area contributed by atoms with Gasteiger partial charge in [-0.25, -0.2) is 0 Å². The normalized spacial score (nSPS) is 19.6. The van der Waals surface area contributed by atoms with Crippen molar-refractivity contribution in [2.45, 2.75) is 38.6 Å². The predicted molar refractivity (Wildman–Crippen MR) is 123 cm³/mol. The quantitative estimate of drug-likeness (QED) is 0.550. The van der Waals surface area contributed by atoms with Crippen LogP contribution < -0.4 is 4.74 Å². The highest BCUT2D eigenvalue weighted by Crippen LogP contribution is 2.39. The molecule has 160 valence electrons. The molecule has 1 saturated heterocycles. The van der Waals surface area contributed by atoms with Gasteiger partial charge in [0, 0.05) is 24.3 Å². The minimum Gasteiger partial charge on any atom is -0.495 e. The van der Waals surface area contributed by atoms with Crippen LogP contribution in [-0.2, 0) is 13.0 Å². The van der Waals surface area contributed by atoms with E-state index in [1.807, 2.05) is 24.3 Å². The van der Waals surface area contributed by atoms with Crippen molar-refractivity contribution in [2.75, 3.05) is 20.2 Å². The van der Waals surface area contributed by atoms with Crippen molar-refractivity contribution in [1.29, 1.82) is 0 Å². The van der Waals surface area contributed by atoms with Gasteiger partial charge in [0.1, 0.15) is 5.75 Å². The lowest BCUT2D eigenvalue weighted by atomic mass is 9.87. The maximum absolute atomic E-state index is 13.2. The molecule has 4 heteroatoms. The van der Waals surface area contributed by atoms with Gasteiger partial charge >= 0.3 is 0 Å². The molecule has 1 fully saturated rings. The van der Waals surface area contributed by atoms with Crippen LogP contribution in [0, 0.1) is 11.8 Å². The molecule has 1 unspecified atom stereocenters. The first kappa shape index (κ1) is 20.2. The number of fused-ring (bicyclic) bond motifs is 2. The number of carbonyl (C=O) groups is 1. The van der Waals surface area contributed by atoms with E-state index >= 15 is 0 Å². The number of aromatic nitrogens is 1. The van der Waals surface area contributed by atoms with Crippen LogP contribution in [0.2, 0.25) is 0 Å². The number of methoxy groups -OCH3 is 1. The fourth-order valence-corrected chi connectivity index (χ4v) is 5.32. The molecular weight excluding hydrogens is 384 g/mol. The average Bonchev–Trinajstić information content (AvgIpc) is 3.13. The molecule has 2 aliphatic rings. The van der Waals surface area contributed by atoms with E-state index in [4.69, 9.17) is 9.72 Å². The zero-order valence-corrected chi connectivity index (χ0v) is 18.2. The Morgan fingerprint density at radius 3 is 2.52 bits per heavy atom. The van der Waals surface area contributed by atoms with Gasteiger partial charge in [-0.1, -0.05) is 42.5 Å². The van der Waals surface area contributed by atoms with Gasteiger partial charge in [-0.3, -0.25) is 14.7 Å². The van der Waals surface area contributed by atoms with Gasteiger partial charge < -0.3 is 4.74 Å². The molecule has 31 heavy (non-hydrogen) atoms. The lowest BCUT2D eigenvalue weighted by Crippen LogP contribution is -2.33. The average molecular weight is 415 g/mol. The van der Waals surface area contributed by atoms with E-state index in [9.17, 15) is 4.79 Å². The summed E-state index contributed by atoms with van der Waals surface area (Å²) in [6, 6.07) is 18.7. The zero-order chi connectivity index (χ0) is 21.2. The Labute approximate surface area is 184 Å². The Balaban J connectivity index is 1.19. The summed E-state index contributed by atoms with van der Waals surface area (Å²) in [5.41, 5.74) is 3.95. The molecule has 2 aromatic carbocycles. The van der Waals surface area contributed by atoms with Gasteiger partial charge in [0.05, 0.1) is 23.9 Å². The number of benzene rings is 2. The fraction of sp³-hybridized carbons (Fsp3) is 0.407. The largest absolute Gasteiger partial charge is 0.495 e. The smallest absolute Gasteiger partial charge is 0.171 e. The molecule has 0 amide bonds. The van der Waals surface area contributed by atoms with Gasteiger partial charge in [0.15, 0.2) is 5.78 Å². The Morgan fingerprint density at radius 2 is 1.74 bits per heavy atom. The number of rotatable bonds is 6. The minimum atomic E-state index is 0.0514. The highest BCUT2D eigenvalue weighted by atomic mass is 16.5. The molecule has 0 N–H and O–H groups in total. The van der Waals surface area contributed by atoms with Gasteiger partial charge in [0.25, 0.3) is 0 Å². The van der Waals surface area contributed by atoms with Crippen molar-refractivity contribution in [2.24, 2.45) is 11.8 Å².